The highest BCUT2D eigenvalue weighted by atomic mass is 127. The van der Waals surface area contributed by atoms with Gasteiger partial charge in [0.1, 0.15) is 6.61 Å². The fraction of sp³-hybridized carbons (Fsp3) is 0.188. The van der Waals surface area contributed by atoms with E-state index in [9.17, 15) is 9.59 Å². The summed E-state index contributed by atoms with van der Waals surface area (Å²) in [7, 11) is 2.90. The summed E-state index contributed by atoms with van der Waals surface area (Å²) < 4.78 is 19.7. The summed E-state index contributed by atoms with van der Waals surface area (Å²) in [6.07, 6.45) is 2.31. The number of methoxy groups -OCH3 is 2. The second kappa shape index (κ2) is 12.8. The number of nitrogens with zero attached hydrogens (tertiary/aromatic N) is 3. The van der Waals surface area contributed by atoms with Gasteiger partial charge in [-0.15, -0.1) is 0 Å². The summed E-state index contributed by atoms with van der Waals surface area (Å²) in [5, 5.41) is 9.02. The molecule has 0 amide bonds. The Labute approximate surface area is 260 Å². The minimum absolute atomic E-state index is 0.251. The van der Waals surface area contributed by atoms with Gasteiger partial charge < -0.3 is 14.2 Å². The van der Waals surface area contributed by atoms with Crippen LogP contribution in [-0.4, -0.2) is 24.8 Å². The number of fused-ring (bicyclic) bond motifs is 1. The summed E-state index contributed by atoms with van der Waals surface area (Å²) in [5.74, 6) is 0.605. The Bertz CT molecular complexity index is 1900. The van der Waals surface area contributed by atoms with Crippen LogP contribution in [0.5, 0.6) is 11.5 Å². The van der Waals surface area contributed by atoms with Gasteiger partial charge in [-0.25, -0.2) is 9.79 Å². The first-order chi connectivity index (χ1) is 20.4. The number of carbonyl (C=O) groups excluding carboxylic acids is 1. The molecule has 10 heteroatoms. The van der Waals surface area contributed by atoms with Crippen LogP contribution in [0, 0.1) is 14.9 Å². The number of ether oxygens (including phenoxy) is 3. The number of esters is 1. The van der Waals surface area contributed by atoms with Crippen molar-refractivity contribution in [3.63, 3.8) is 0 Å². The van der Waals surface area contributed by atoms with Gasteiger partial charge in [-0.1, -0.05) is 60.7 Å². The van der Waals surface area contributed by atoms with Crippen LogP contribution < -0.4 is 24.4 Å². The van der Waals surface area contributed by atoms with Gasteiger partial charge in [0.05, 0.1) is 51.3 Å². The average molecular weight is 692 g/mol. The minimum Gasteiger partial charge on any atom is -0.493 e. The predicted octanol–water partition coefficient (Wildman–Crippen LogP) is 4.86. The molecule has 0 radical (unpaired) electrons. The molecule has 1 aliphatic rings. The summed E-state index contributed by atoms with van der Waals surface area (Å²) in [4.78, 5) is 32.1. The van der Waals surface area contributed by atoms with Gasteiger partial charge in [-0.2, -0.15) is 5.26 Å². The molecule has 0 unspecified atom stereocenters. The molecular weight excluding hydrogens is 665 g/mol. The van der Waals surface area contributed by atoms with E-state index < -0.39 is 12.0 Å². The smallest absolute Gasteiger partial charge is 0.338 e. The van der Waals surface area contributed by atoms with Crippen molar-refractivity contribution in [1.29, 1.82) is 5.26 Å². The molecule has 3 aromatic carbocycles. The van der Waals surface area contributed by atoms with Crippen LogP contribution in [0.15, 0.2) is 87.8 Å². The third kappa shape index (κ3) is 5.75. The molecule has 0 saturated heterocycles. The Morgan fingerprint density at radius 1 is 1.14 bits per heavy atom. The standard InChI is InChI=1S/C32H26IN3O5S/c1-4-24-27(31(38)40-3)28(22-8-6-5-7-9-22)36-30(37)26(42-32(36)35-24)16-21-14-23(33)29(25(15-21)39-2)41-18-20-12-10-19(17-34)11-13-20/h5-16,28H,4,18H2,1-3H3/b26-16+/t28-/m0/s1. The van der Waals surface area contributed by atoms with Crippen LogP contribution in [0.3, 0.4) is 0 Å². The zero-order valence-electron chi connectivity index (χ0n) is 23.1. The zero-order valence-corrected chi connectivity index (χ0v) is 26.1. The van der Waals surface area contributed by atoms with Crippen molar-refractivity contribution in [2.45, 2.75) is 26.0 Å². The number of aromatic nitrogens is 1. The quantitative estimate of drug-likeness (QED) is 0.193. The molecule has 0 aliphatic carbocycles. The number of allylic oxidation sites excluding steroid dienone is 1. The van der Waals surface area contributed by atoms with Gasteiger partial charge in [-0.05, 0) is 76.0 Å². The monoisotopic (exact) mass is 691 g/mol. The number of nitriles is 1. The number of carbonyl (C=O) groups is 1. The lowest BCUT2D eigenvalue weighted by Gasteiger charge is -2.25. The normalized spacial score (nSPS) is 14.5. The fourth-order valence-corrected chi connectivity index (χ4v) is 6.56. The molecule has 212 valence electrons. The van der Waals surface area contributed by atoms with E-state index >= 15 is 0 Å². The number of halogens is 1. The molecule has 2 heterocycles. The number of benzene rings is 3. The lowest BCUT2D eigenvalue weighted by molar-refractivity contribution is -0.136. The summed E-state index contributed by atoms with van der Waals surface area (Å²) in [6.45, 7) is 2.23. The lowest BCUT2D eigenvalue weighted by Crippen LogP contribution is -2.40. The predicted molar refractivity (Wildman–Crippen MR) is 168 cm³/mol. The van der Waals surface area contributed by atoms with Gasteiger partial charge in [-0.3, -0.25) is 9.36 Å². The van der Waals surface area contributed by atoms with E-state index in [0.29, 0.717) is 50.7 Å². The molecule has 42 heavy (non-hydrogen) atoms. The van der Waals surface area contributed by atoms with E-state index in [0.717, 1.165) is 20.3 Å². The van der Waals surface area contributed by atoms with Crippen LogP contribution in [-0.2, 0) is 16.1 Å². The molecule has 0 fully saturated rings. The maximum absolute atomic E-state index is 13.9. The molecule has 8 nitrogen and oxygen atoms in total. The van der Waals surface area contributed by atoms with Crippen molar-refractivity contribution in [3.05, 3.63) is 124 Å². The van der Waals surface area contributed by atoms with Gasteiger partial charge in [0.2, 0.25) is 0 Å². The second-order valence-electron chi connectivity index (χ2n) is 9.33. The molecule has 1 aromatic heterocycles. The molecule has 1 atom stereocenters. The van der Waals surface area contributed by atoms with Crippen LogP contribution in [0.1, 0.15) is 41.6 Å². The molecular formula is C32H26IN3O5S. The maximum Gasteiger partial charge on any atom is 0.338 e. The van der Waals surface area contributed by atoms with E-state index in [4.69, 9.17) is 24.5 Å². The summed E-state index contributed by atoms with van der Waals surface area (Å²) in [6, 6.07) is 21.8. The largest absolute Gasteiger partial charge is 0.493 e. The molecule has 0 spiro atoms. The van der Waals surface area contributed by atoms with Crippen molar-refractivity contribution >= 4 is 46.0 Å². The topological polar surface area (TPSA) is 103 Å². The van der Waals surface area contributed by atoms with Crippen molar-refractivity contribution in [2.24, 2.45) is 4.99 Å². The Kier molecular flexibility index (Phi) is 8.89. The fourth-order valence-electron chi connectivity index (χ4n) is 4.76. The molecule has 0 N–H and O–H groups in total. The van der Waals surface area contributed by atoms with Crippen molar-refractivity contribution in [2.75, 3.05) is 14.2 Å². The Morgan fingerprint density at radius 2 is 1.88 bits per heavy atom. The van der Waals surface area contributed by atoms with Gasteiger partial charge >= 0.3 is 5.97 Å². The van der Waals surface area contributed by atoms with E-state index in [1.165, 1.54) is 18.4 Å². The highest BCUT2D eigenvalue weighted by molar-refractivity contribution is 14.1. The molecule has 5 rings (SSSR count). The first kappa shape index (κ1) is 29.3. The number of hydrogen-bond acceptors (Lipinski definition) is 8. The van der Waals surface area contributed by atoms with Gasteiger partial charge in [0, 0.05) is 0 Å². The lowest BCUT2D eigenvalue weighted by atomic mass is 9.95. The number of thiazole rings is 1. The number of rotatable bonds is 8. The molecule has 0 bridgehead atoms. The third-order valence-corrected chi connectivity index (χ3v) is 8.57. The van der Waals surface area contributed by atoms with Crippen molar-refractivity contribution < 1.29 is 19.0 Å². The second-order valence-corrected chi connectivity index (χ2v) is 11.5. The van der Waals surface area contributed by atoms with Crippen LogP contribution >= 0.6 is 33.9 Å². The zero-order chi connectivity index (χ0) is 29.8. The average Bonchev–Trinajstić information content (AvgIpc) is 3.33. The van der Waals surface area contributed by atoms with E-state index in [1.807, 2.05) is 61.5 Å². The Morgan fingerprint density at radius 3 is 2.52 bits per heavy atom. The Balaban J connectivity index is 1.56. The molecule has 1 aliphatic heterocycles. The summed E-state index contributed by atoms with van der Waals surface area (Å²) in [5.41, 5.74) is 3.77. The maximum atomic E-state index is 13.9. The van der Waals surface area contributed by atoms with Gasteiger partial charge in [0.25, 0.3) is 5.56 Å². The number of hydrogen-bond donors (Lipinski definition) is 0. The summed E-state index contributed by atoms with van der Waals surface area (Å²) >= 11 is 3.46. The van der Waals surface area contributed by atoms with Crippen LogP contribution in [0.4, 0.5) is 0 Å². The van der Waals surface area contributed by atoms with E-state index in [1.54, 1.807) is 29.9 Å². The Hall–Kier alpha value is -4.21. The van der Waals surface area contributed by atoms with Crippen molar-refractivity contribution in [3.8, 4) is 17.6 Å². The first-order valence-corrected chi connectivity index (χ1v) is 15.0. The third-order valence-electron chi connectivity index (χ3n) is 6.78. The van der Waals surface area contributed by atoms with Crippen molar-refractivity contribution in [1.82, 2.24) is 4.57 Å². The molecule has 4 aromatic rings. The first-order valence-electron chi connectivity index (χ1n) is 13.1. The van der Waals surface area contributed by atoms with Crippen LogP contribution in [0.2, 0.25) is 0 Å². The molecule has 0 saturated carbocycles. The van der Waals surface area contributed by atoms with E-state index in [-0.39, 0.29) is 5.56 Å². The SMILES string of the molecule is CCC1=C(C(=O)OC)[C@H](c2ccccc2)n2c(s/c(=C/c3cc(I)c(OCc4ccc(C#N)cc4)c(OC)c3)c2=O)=N1. The van der Waals surface area contributed by atoms with Crippen LogP contribution in [0.25, 0.3) is 6.08 Å². The van der Waals surface area contributed by atoms with E-state index in [2.05, 4.69) is 28.7 Å². The highest BCUT2D eigenvalue weighted by Gasteiger charge is 2.33. The highest BCUT2D eigenvalue weighted by Crippen LogP contribution is 2.35. The minimum atomic E-state index is -0.653. The van der Waals surface area contributed by atoms with Gasteiger partial charge in [0.15, 0.2) is 16.3 Å².